The van der Waals surface area contributed by atoms with Crippen LogP contribution in [0, 0.1) is 11.8 Å². The number of hydrogen-bond donors (Lipinski definition) is 0. The lowest BCUT2D eigenvalue weighted by atomic mass is 9.80. The molecule has 0 amide bonds. The number of benzene rings is 2. The van der Waals surface area contributed by atoms with Crippen LogP contribution in [0.5, 0.6) is 5.75 Å². The lowest BCUT2D eigenvalue weighted by Crippen LogP contribution is -2.45. The normalized spacial score (nSPS) is 20.2. The molecule has 0 saturated heterocycles. The number of hydrogen-bond acceptors (Lipinski definition) is 2. The van der Waals surface area contributed by atoms with Crippen molar-refractivity contribution in [1.82, 2.24) is 0 Å². The molecule has 1 unspecified atom stereocenters. The van der Waals surface area contributed by atoms with Crippen LogP contribution in [0.1, 0.15) is 44.6 Å². The number of rotatable bonds is 10. The summed E-state index contributed by atoms with van der Waals surface area (Å²) in [7, 11) is 0. The van der Waals surface area contributed by atoms with Gasteiger partial charge in [-0.15, -0.1) is 0 Å². The standard InChI is InChI=1S/C26H30F6O2/c1-2-33-17-20-7-5-18(6-8-20)3-4-19-9-11-21(12-10-19)22-13-15-23(16-14-22)34-26(31,32)24(27)25(28,29)30/h9-16,18,20,24H,2-8,17H2,1H3. The first-order valence-corrected chi connectivity index (χ1v) is 11.6. The van der Waals surface area contributed by atoms with Crippen LogP contribution in [0.2, 0.25) is 0 Å². The Labute approximate surface area is 196 Å². The molecule has 0 bridgehead atoms. The molecule has 8 heteroatoms. The fourth-order valence-corrected chi connectivity index (χ4v) is 4.32. The van der Waals surface area contributed by atoms with E-state index in [-0.39, 0.29) is 0 Å². The van der Waals surface area contributed by atoms with E-state index in [1.807, 2.05) is 31.2 Å². The third-order valence-corrected chi connectivity index (χ3v) is 6.34. The zero-order valence-corrected chi connectivity index (χ0v) is 19.1. The van der Waals surface area contributed by atoms with Crippen molar-refractivity contribution in [1.29, 1.82) is 0 Å². The molecule has 0 heterocycles. The lowest BCUT2D eigenvalue weighted by molar-refractivity contribution is -0.304. The molecule has 0 aliphatic heterocycles. The van der Waals surface area contributed by atoms with Crippen LogP contribution in [0.4, 0.5) is 26.3 Å². The van der Waals surface area contributed by atoms with E-state index in [2.05, 4.69) is 4.74 Å². The molecular weight excluding hydrogens is 458 g/mol. The van der Waals surface area contributed by atoms with E-state index in [0.29, 0.717) is 11.5 Å². The number of halogens is 6. The van der Waals surface area contributed by atoms with Gasteiger partial charge >= 0.3 is 12.3 Å². The number of ether oxygens (including phenoxy) is 2. The molecule has 188 valence electrons. The molecule has 2 aromatic rings. The highest BCUT2D eigenvalue weighted by Gasteiger charge is 2.59. The summed E-state index contributed by atoms with van der Waals surface area (Å²) < 4.78 is 86.1. The summed E-state index contributed by atoms with van der Waals surface area (Å²) in [6, 6.07) is 13.0. The van der Waals surface area contributed by atoms with Crippen molar-refractivity contribution in [3.63, 3.8) is 0 Å². The largest absolute Gasteiger partial charge is 0.439 e. The third kappa shape index (κ3) is 7.39. The lowest BCUT2D eigenvalue weighted by Gasteiger charge is -2.28. The molecule has 1 saturated carbocycles. The Morgan fingerprint density at radius 2 is 1.35 bits per heavy atom. The maximum absolute atomic E-state index is 13.4. The molecule has 0 radical (unpaired) electrons. The predicted octanol–water partition coefficient (Wildman–Crippen LogP) is 8.00. The Hall–Kier alpha value is -2.22. The van der Waals surface area contributed by atoms with Crippen LogP contribution in [0.15, 0.2) is 48.5 Å². The zero-order chi connectivity index (χ0) is 24.8. The Kier molecular flexibility index (Phi) is 8.90. The van der Waals surface area contributed by atoms with Crippen molar-refractivity contribution in [2.45, 2.75) is 63.9 Å². The average molecular weight is 489 g/mol. The monoisotopic (exact) mass is 488 g/mol. The van der Waals surface area contributed by atoms with Crippen molar-refractivity contribution in [2.24, 2.45) is 11.8 Å². The minimum Gasteiger partial charge on any atom is -0.430 e. The van der Waals surface area contributed by atoms with E-state index in [4.69, 9.17) is 4.74 Å². The molecule has 0 aromatic heterocycles. The summed E-state index contributed by atoms with van der Waals surface area (Å²) in [5.74, 6) is 0.860. The predicted molar refractivity (Wildman–Crippen MR) is 119 cm³/mol. The van der Waals surface area contributed by atoms with E-state index in [0.717, 1.165) is 49.7 Å². The van der Waals surface area contributed by atoms with Crippen LogP contribution >= 0.6 is 0 Å². The second-order valence-corrected chi connectivity index (χ2v) is 8.87. The van der Waals surface area contributed by atoms with Gasteiger partial charge in [-0.05, 0) is 73.3 Å². The van der Waals surface area contributed by atoms with Gasteiger partial charge in [0.2, 0.25) is 0 Å². The fourth-order valence-electron chi connectivity index (χ4n) is 4.32. The maximum atomic E-state index is 13.4. The van der Waals surface area contributed by atoms with Crippen LogP contribution in [-0.4, -0.2) is 31.7 Å². The average Bonchev–Trinajstić information content (AvgIpc) is 2.81. The molecule has 0 N–H and O–H groups in total. The SMILES string of the molecule is CCOCC1CCC(CCc2ccc(-c3ccc(OC(F)(F)C(F)C(F)(F)F)cc3)cc2)CC1. The highest BCUT2D eigenvalue weighted by atomic mass is 19.4. The van der Waals surface area contributed by atoms with Gasteiger partial charge in [-0.2, -0.15) is 22.0 Å². The maximum Gasteiger partial charge on any atom is 0.439 e. The summed E-state index contributed by atoms with van der Waals surface area (Å²) in [5, 5.41) is 0. The van der Waals surface area contributed by atoms with Crippen molar-refractivity contribution in [3.8, 4) is 16.9 Å². The molecule has 1 aliphatic carbocycles. The summed E-state index contributed by atoms with van der Waals surface area (Å²) in [6.07, 6.45) is -8.11. The van der Waals surface area contributed by atoms with E-state index in [9.17, 15) is 26.3 Å². The molecule has 1 fully saturated rings. The van der Waals surface area contributed by atoms with Crippen molar-refractivity contribution >= 4 is 0 Å². The van der Waals surface area contributed by atoms with Gasteiger partial charge in [0.15, 0.2) is 0 Å². The Morgan fingerprint density at radius 1 is 0.824 bits per heavy atom. The molecule has 34 heavy (non-hydrogen) atoms. The first-order valence-electron chi connectivity index (χ1n) is 11.6. The van der Waals surface area contributed by atoms with Gasteiger partial charge in [0.1, 0.15) is 5.75 Å². The molecule has 2 nitrogen and oxygen atoms in total. The second kappa shape index (κ2) is 11.5. The van der Waals surface area contributed by atoms with Crippen LogP contribution in [0.3, 0.4) is 0 Å². The number of aryl methyl sites for hydroxylation is 1. The van der Waals surface area contributed by atoms with E-state index in [1.165, 1.54) is 43.4 Å². The van der Waals surface area contributed by atoms with Gasteiger partial charge in [0.25, 0.3) is 6.17 Å². The highest BCUT2D eigenvalue weighted by Crippen LogP contribution is 2.37. The quantitative estimate of drug-likeness (QED) is 0.316. The molecular formula is C26H30F6O2. The van der Waals surface area contributed by atoms with Crippen LogP contribution in [-0.2, 0) is 11.2 Å². The topological polar surface area (TPSA) is 18.5 Å². The second-order valence-electron chi connectivity index (χ2n) is 8.87. The van der Waals surface area contributed by atoms with Crippen molar-refractivity contribution < 1.29 is 35.8 Å². The van der Waals surface area contributed by atoms with Crippen LogP contribution in [0.25, 0.3) is 11.1 Å². The minimum atomic E-state index is -5.71. The summed E-state index contributed by atoms with van der Waals surface area (Å²) >= 11 is 0. The van der Waals surface area contributed by atoms with Crippen molar-refractivity contribution in [3.05, 3.63) is 54.1 Å². The summed E-state index contributed by atoms with van der Waals surface area (Å²) in [6.45, 7) is 3.65. The molecule has 1 aliphatic rings. The van der Waals surface area contributed by atoms with Gasteiger partial charge in [-0.25, -0.2) is 4.39 Å². The Balaban J connectivity index is 1.50. The smallest absolute Gasteiger partial charge is 0.430 e. The van der Waals surface area contributed by atoms with E-state index >= 15 is 0 Å². The zero-order valence-electron chi connectivity index (χ0n) is 19.1. The number of alkyl halides is 6. The first kappa shape index (κ1) is 26.4. The van der Waals surface area contributed by atoms with Gasteiger partial charge < -0.3 is 9.47 Å². The van der Waals surface area contributed by atoms with Gasteiger partial charge in [-0.3, -0.25) is 0 Å². The first-order chi connectivity index (χ1) is 16.1. The fraction of sp³-hybridized carbons (Fsp3) is 0.538. The van der Waals surface area contributed by atoms with E-state index < -0.39 is 24.2 Å². The van der Waals surface area contributed by atoms with E-state index in [1.54, 1.807) is 0 Å². The minimum absolute atomic E-state index is 0.548. The van der Waals surface area contributed by atoms with Crippen LogP contribution < -0.4 is 4.74 Å². The highest BCUT2D eigenvalue weighted by molar-refractivity contribution is 5.64. The molecule has 1 atom stereocenters. The molecule has 0 spiro atoms. The van der Waals surface area contributed by atoms with Gasteiger partial charge in [0, 0.05) is 13.2 Å². The molecule has 2 aromatic carbocycles. The summed E-state index contributed by atoms with van der Waals surface area (Å²) in [5.41, 5.74) is 2.72. The third-order valence-electron chi connectivity index (χ3n) is 6.34. The summed E-state index contributed by atoms with van der Waals surface area (Å²) in [4.78, 5) is 0. The Bertz CT molecular complexity index is 872. The van der Waals surface area contributed by atoms with Gasteiger partial charge in [0.05, 0.1) is 0 Å². The van der Waals surface area contributed by atoms with Crippen molar-refractivity contribution in [2.75, 3.05) is 13.2 Å². The molecule has 3 rings (SSSR count). The Morgan fingerprint density at radius 3 is 1.88 bits per heavy atom. The van der Waals surface area contributed by atoms with Gasteiger partial charge in [-0.1, -0.05) is 49.2 Å².